The maximum atomic E-state index is 8.23. The molecule has 0 unspecified atom stereocenters. The van der Waals surface area contributed by atoms with Gasteiger partial charge in [-0.3, -0.25) is 4.98 Å². The Balaban J connectivity index is 0.000000238. The molecule has 0 aliphatic carbocycles. The quantitative estimate of drug-likeness (QED) is 0.246. The number of anilines is 2. The molecular formula is C16H16N12. The molecule has 0 aliphatic rings. The fourth-order valence-corrected chi connectivity index (χ4v) is 1.51. The van der Waals surface area contributed by atoms with Gasteiger partial charge in [-0.25, -0.2) is 4.98 Å². The van der Waals surface area contributed by atoms with Crippen LogP contribution in [0.15, 0.2) is 53.8 Å². The Bertz CT molecular complexity index is 950. The zero-order valence-corrected chi connectivity index (χ0v) is 14.5. The second-order valence-electron chi connectivity index (χ2n) is 4.55. The van der Waals surface area contributed by atoms with Crippen molar-refractivity contribution in [1.29, 1.82) is 10.5 Å². The largest absolute Gasteiger partial charge is 0.369 e. The van der Waals surface area contributed by atoms with Crippen LogP contribution in [0.2, 0.25) is 0 Å². The molecule has 12 heteroatoms. The summed E-state index contributed by atoms with van der Waals surface area (Å²) in [6.07, 6.45) is 4.65. The molecule has 3 aromatic rings. The van der Waals surface area contributed by atoms with E-state index < -0.39 is 0 Å². The number of aliphatic imine (C=N–C) groups is 1. The molecule has 12 nitrogen and oxygen atoms in total. The van der Waals surface area contributed by atoms with Crippen LogP contribution in [0.3, 0.4) is 0 Å². The van der Waals surface area contributed by atoms with Crippen LogP contribution in [-0.4, -0.2) is 30.9 Å². The molecule has 0 aliphatic heterocycles. The van der Waals surface area contributed by atoms with Crippen LogP contribution in [0, 0.1) is 22.8 Å². The molecule has 0 spiro atoms. The summed E-state index contributed by atoms with van der Waals surface area (Å²) in [6, 6.07) is 12.6. The monoisotopic (exact) mass is 376 g/mol. The highest BCUT2D eigenvalue weighted by molar-refractivity contribution is 5.76. The number of guanidine groups is 1. The minimum Gasteiger partial charge on any atom is -0.369 e. The average molecular weight is 376 g/mol. The van der Waals surface area contributed by atoms with Crippen LogP contribution in [0.1, 0.15) is 5.69 Å². The minimum absolute atomic E-state index is 0.0955. The van der Waals surface area contributed by atoms with Crippen molar-refractivity contribution in [2.45, 2.75) is 0 Å². The van der Waals surface area contributed by atoms with E-state index in [1.165, 1.54) is 6.19 Å². The topological polar surface area (TPSA) is 228 Å². The average Bonchev–Trinajstić information content (AvgIpc) is 2.69. The maximum Gasteiger partial charge on any atom is 0.225 e. The molecule has 0 bridgehead atoms. The van der Waals surface area contributed by atoms with Gasteiger partial charge in [-0.15, -0.1) is 4.99 Å². The van der Waals surface area contributed by atoms with Crippen molar-refractivity contribution >= 4 is 17.9 Å². The first-order valence-electron chi connectivity index (χ1n) is 7.43. The second-order valence-corrected chi connectivity index (χ2v) is 4.55. The summed E-state index contributed by atoms with van der Waals surface area (Å²) >= 11 is 0. The van der Waals surface area contributed by atoms with Crippen molar-refractivity contribution in [2.24, 2.45) is 16.5 Å². The summed E-state index contributed by atoms with van der Waals surface area (Å²) in [4.78, 5) is 22.2. The van der Waals surface area contributed by atoms with Gasteiger partial charge in [0.2, 0.25) is 24.0 Å². The van der Waals surface area contributed by atoms with Crippen LogP contribution in [-0.2, 0) is 0 Å². The summed E-state index contributed by atoms with van der Waals surface area (Å²) in [5.41, 5.74) is 21.4. The lowest BCUT2D eigenvalue weighted by Gasteiger charge is -2.00. The molecule has 3 heterocycles. The molecule has 0 fully saturated rings. The Morgan fingerprint density at radius 2 is 1.46 bits per heavy atom. The number of rotatable bonds is 1. The number of pyridine rings is 2. The van der Waals surface area contributed by atoms with Gasteiger partial charge in [-0.1, -0.05) is 12.1 Å². The standard InChI is InChI=1S/C8H8N6.C6H4N2.C2H4N4/c9-7-12-6(13-8(10)14-7)5-3-1-2-4-11-5;7-5-6-3-1-2-4-8-6;3-1-6-2(4)5/h1-4H,(H4,9,10,12,13,14);1-4H;(H4,4,5,6). The highest BCUT2D eigenvalue weighted by atomic mass is 15.1. The van der Waals surface area contributed by atoms with Crippen LogP contribution in [0.5, 0.6) is 0 Å². The summed E-state index contributed by atoms with van der Waals surface area (Å²) in [5, 5.41) is 15.9. The van der Waals surface area contributed by atoms with Crippen molar-refractivity contribution in [3.05, 3.63) is 54.5 Å². The fraction of sp³-hybridized carbons (Fsp3) is 0. The van der Waals surface area contributed by atoms with E-state index in [0.29, 0.717) is 17.2 Å². The van der Waals surface area contributed by atoms with Crippen molar-refractivity contribution < 1.29 is 0 Å². The highest BCUT2D eigenvalue weighted by Crippen LogP contribution is 2.11. The zero-order valence-electron chi connectivity index (χ0n) is 14.5. The predicted molar refractivity (Wildman–Crippen MR) is 102 cm³/mol. The molecule has 3 rings (SSSR count). The number of nitrogen functional groups attached to an aromatic ring is 2. The lowest BCUT2D eigenvalue weighted by Crippen LogP contribution is -2.21. The summed E-state index contributed by atoms with van der Waals surface area (Å²) < 4.78 is 0. The second kappa shape index (κ2) is 11.7. The third-order valence-electron chi connectivity index (χ3n) is 2.52. The van der Waals surface area contributed by atoms with E-state index in [9.17, 15) is 0 Å². The molecule has 0 saturated heterocycles. The Kier molecular flexibility index (Phi) is 8.84. The molecule has 0 amide bonds. The number of hydrogen-bond donors (Lipinski definition) is 4. The van der Waals surface area contributed by atoms with Gasteiger partial charge in [-0.2, -0.15) is 25.5 Å². The van der Waals surface area contributed by atoms with Crippen LogP contribution < -0.4 is 22.9 Å². The Morgan fingerprint density at radius 3 is 1.82 bits per heavy atom. The molecule has 0 atom stereocenters. The zero-order chi connectivity index (χ0) is 20.8. The van der Waals surface area contributed by atoms with Crippen molar-refractivity contribution in [1.82, 2.24) is 24.9 Å². The van der Waals surface area contributed by atoms with E-state index in [1.807, 2.05) is 12.1 Å². The van der Waals surface area contributed by atoms with Crippen molar-refractivity contribution in [2.75, 3.05) is 11.5 Å². The van der Waals surface area contributed by atoms with Gasteiger partial charge in [0, 0.05) is 12.4 Å². The van der Waals surface area contributed by atoms with Crippen LogP contribution >= 0.6 is 0 Å². The number of nitriles is 2. The molecule has 0 saturated carbocycles. The van der Waals surface area contributed by atoms with Gasteiger partial charge in [0.05, 0.1) is 0 Å². The van der Waals surface area contributed by atoms with Crippen LogP contribution in [0.4, 0.5) is 11.9 Å². The molecule has 140 valence electrons. The lowest BCUT2D eigenvalue weighted by molar-refractivity contribution is 1.07. The van der Waals surface area contributed by atoms with Gasteiger partial charge in [0.1, 0.15) is 17.5 Å². The van der Waals surface area contributed by atoms with E-state index in [0.717, 1.165) is 0 Å². The fourth-order valence-electron chi connectivity index (χ4n) is 1.51. The van der Waals surface area contributed by atoms with E-state index in [2.05, 4.69) is 29.9 Å². The third-order valence-corrected chi connectivity index (χ3v) is 2.52. The first-order valence-corrected chi connectivity index (χ1v) is 7.43. The molecule has 8 N–H and O–H groups in total. The molecular weight excluding hydrogens is 360 g/mol. The van der Waals surface area contributed by atoms with Gasteiger partial charge >= 0.3 is 0 Å². The third kappa shape index (κ3) is 8.32. The summed E-state index contributed by atoms with van der Waals surface area (Å²) in [7, 11) is 0. The van der Waals surface area contributed by atoms with E-state index >= 15 is 0 Å². The smallest absolute Gasteiger partial charge is 0.225 e. The van der Waals surface area contributed by atoms with Gasteiger partial charge < -0.3 is 22.9 Å². The molecule has 28 heavy (non-hydrogen) atoms. The predicted octanol–water partition coefficient (Wildman–Crippen LogP) is -0.208. The van der Waals surface area contributed by atoms with E-state index in [-0.39, 0.29) is 17.9 Å². The van der Waals surface area contributed by atoms with Gasteiger partial charge in [-0.05, 0) is 24.3 Å². The van der Waals surface area contributed by atoms with Gasteiger partial charge in [0.15, 0.2) is 5.82 Å². The Morgan fingerprint density at radius 1 is 0.857 bits per heavy atom. The highest BCUT2D eigenvalue weighted by Gasteiger charge is 2.04. The number of aromatic nitrogens is 5. The van der Waals surface area contributed by atoms with Crippen molar-refractivity contribution in [3.63, 3.8) is 0 Å². The first kappa shape index (κ1) is 21.2. The number of nitrogens with two attached hydrogens (primary N) is 4. The maximum absolute atomic E-state index is 8.23. The molecule has 0 radical (unpaired) electrons. The minimum atomic E-state index is -0.197. The van der Waals surface area contributed by atoms with E-state index in [4.69, 9.17) is 33.5 Å². The Labute approximate surface area is 160 Å². The Hall–Kier alpha value is -4.84. The van der Waals surface area contributed by atoms with Crippen molar-refractivity contribution in [3.8, 4) is 23.8 Å². The summed E-state index contributed by atoms with van der Waals surface area (Å²) in [5.74, 6) is 0.379. The van der Waals surface area contributed by atoms with E-state index in [1.54, 1.807) is 42.7 Å². The normalized spacial score (nSPS) is 8.50. The van der Waals surface area contributed by atoms with Crippen LogP contribution in [0.25, 0.3) is 11.5 Å². The number of hydrogen-bond acceptors (Lipinski definition) is 10. The lowest BCUT2D eigenvalue weighted by atomic mass is 10.3. The molecule has 0 aromatic carbocycles. The summed E-state index contributed by atoms with van der Waals surface area (Å²) in [6.45, 7) is 0. The molecule has 3 aromatic heterocycles. The number of nitrogens with zero attached hydrogens (tertiary/aromatic N) is 8. The SMILES string of the molecule is N#CN=C(N)N.N#Cc1ccccn1.Nc1nc(N)nc(-c2ccccn2)n1. The first-order chi connectivity index (χ1) is 13.5. The van der Waals surface area contributed by atoms with Gasteiger partial charge in [0.25, 0.3) is 0 Å².